The average Bonchev–Trinajstić information content (AvgIpc) is 2.99. The number of pyridine rings is 1. The molecule has 0 saturated carbocycles. The minimum atomic E-state index is -1.31. The summed E-state index contributed by atoms with van der Waals surface area (Å²) in [6, 6.07) is 5.70. The van der Waals surface area contributed by atoms with Crippen LogP contribution in [-0.4, -0.2) is 56.9 Å². The van der Waals surface area contributed by atoms with Gasteiger partial charge in [-0.2, -0.15) is 0 Å². The van der Waals surface area contributed by atoms with Crippen molar-refractivity contribution in [3.8, 4) is 0 Å². The van der Waals surface area contributed by atoms with Crippen LogP contribution in [0, 0.1) is 0 Å². The molecule has 0 aromatic carbocycles. The molecule has 10 heteroatoms. The van der Waals surface area contributed by atoms with Crippen molar-refractivity contribution in [1.29, 1.82) is 0 Å². The highest BCUT2D eigenvalue weighted by atomic mass is 32.2. The zero-order chi connectivity index (χ0) is 22.4. The molecule has 4 rings (SSSR count). The van der Waals surface area contributed by atoms with Crippen LogP contribution in [0.25, 0.3) is 0 Å². The highest BCUT2D eigenvalue weighted by molar-refractivity contribution is 7.84. The minimum absolute atomic E-state index is 0.0393. The smallest absolute Gasteiger partial charge is 0.407 e. The van der Waals surface area contributed by atoms with Crippen molar-refractivity contribution in [3.05, 3.63) is 35.7 Å². The molecular weight excluding hydrogens is 418 g/mol. The van der Waals surface area contributed by atoms with Crippen molar-refractivity contribution in [2.24, 2.45) is 0 Å². The molecule has 0 aliphatic carbocycles. The predicted octanol–water partition coefficient (Wildman–Crippen LogP) is 2.44. The first-order valence-corrected chi connectivity index (χ1v) is 11.6. The van der Waals surface area contributed by atoms with Crippen LogP contribution >= 0.6 is 0 Å². The Balaban J connectivity index is 1.79. The van der Waals surface area contributed by atoms with E-state index in [1.54, 1.807) is 12.5 Å². The van der Waals surface area contributed by atoms with Crippen LogP contribution in [0.5, 0.6) is 0 Å². The quantitative estimate of drug-likeness (QED) is 0.715. The lowest BCUT2D eigenvalue weighted by Gasteiger charge is -2.46. The highest BCUT2D eigenvalue weighted by Gasteiger charge is 2.55. The molecule has 1 amide bonds. The molecule has 4 heterocycles. The van der Waals surface area contributed by atoms with E-state index in [1.165, 1.54) is 7.11 Å². The molecule has 166 valence electrons. The fourth-order valence-corrected chi connectivity index (χ4v) is 4.67. The summed E-state index contributed by atoms with van der Waals surface area (Å²) in [5.41, 5.74) is 1.01. The first-order chi connectivity index (χ1) is 14.6. The number of amides is 1. The summed E-state index contributed by atoms with van der Waals surface area (Å²) in [6.07, 6.45) is 3.59. The molecule has 1 saturated heterocycles. The molecule has 31 heavy (non-hydrogen) atoms. The maximum Gasteiger partial charge on any atom is 0.407 e. The maximum atomic E-state index is 12.1. The Kier molecular flexibility index (Phi) is 5.47. The fraction of sp³-hybridized carbons (Fsp3) is 0.524. The number of carbonyl (C=O) groups excluding carboxylic acids is 1. The fourth-order valence-electron chi connectivity index (χ4n) is 4.26. The third kappa shape index (κ3) is 3.89. The molecular formula is C21H27N5O4S. The molecule has 2 aliphatic heterocycles. The van der Waals surface area contributed by atoms with Gasteiger partial charge in [-0.3, -0.25) is 4.21 Å². The van der Waals surface area contributed by atoms with E-state index in [9.17, 15) is 9.00 Å². The van der Waals surface area contributed by atoms with Gasteiger partial charge in [0.1, 0.15) is 11.6 Å². The Labute approximate surface area is 184 Å². The lowest BCUT2D eigenvalue weighted by atomic mass is 9.73. The molecule has 0 radical (unpaired) electrons. The van der Waals surface area contributed by atoms with Gasteiger partial charge in [0.25, 0.3) is 0 Å². The molecule has 9 nitrogen and oxygen atoms in total. The summed E-state index contributed by atoms with van der Waals surface area (Å²) in [5, 5.41) is 2.95. The van der Waals surface area contributed by atoms with Crippen molar-refractivity contribution in [3.63, 3.8) is 0 Å². The van der Waals surface area contributed by atoms with Gasteiger partial charge in [-0.1, -0.05) is 13.0 Å². The summed E-state index contributed by atoms with van der Waals surface area (Å²) >= 11 is 0. The number of nitrogens with zero attached hydrogens (tertiary/aromatic N) is 4. The van der Waals surface area contributed by atoms with Gasteiger partial charge < -0.3 is 19.7 Å². The molecule has 2 aliphatic rings. The number of nitrogens with one attached hydrogen (secondary N) is 1. The molecule has 0 spiro atoms. The Morgan fingerprint density at radius 1 is 1.35 bits per heavy atom. The summed E-state index contributed by atoms with van der Waals surface area (Å²) < 4.78 is 22.9. The van der Waals surface area contributed by atoms with E-state index < -0.39 is 16.9 Å². The lowest BCUT2D eigenvalue weighted by molar-refractivity contribution is -0.0893. The van der Waals surface area contributed by atoms with Crippen molar-refractivity contribution in [2.75, 3.05) is 24.9 Å². The number of anilines is 2. The monoisotopic (exact) mass is 445 g/mol. The zero-order valence-corrected chi connectivity index (χ0v) is 19.2. The molecule has 0 bridgehead atoms. The van der Waals surface area contributed by atoms with Crippen LogP contribution in [0.15, 0.2) is 29.6 Å². The van der Waals surface area contributed by atoms with E-state index in [-0.39, 0.29) is 28.8 Å². The topological polar surface area (TPSA) is 107 Å². The number of alkyl carbamates (subject to hydrolysis) is 1. The van der Waals surface area contributed by atoms with E-state index in [0.717, 1.165) is 12.0 Å². The molecule has 3 atom stereocenters. The van der Waals surface area contributed by atoms with Gasteiger partial charge in [-0.15, -0.1) is 0 Å². The van der Waals surface area contributed by atoms with E-state index in [4.69, 9.17) is 9.72 Å². The highest BCUT2D eigenvalue weighted by Crippen LogP contribution is 2.52. The number of hydrogen-bond donors (Lipinski definition) is 1. The lowest BCUT2D eigenvalue weighted by Crippen LogP contribution is -2.54. The number of fused-ring (bicyclic) bond motifs is 3. The second-order valence-corrected chi connectivity index (χ2v) is 10.0. The summed E-state index contributed by atoms with van der Waals surface area (Å²) in [5.74, 6) is 1.42. The molecule has 1 N–H and O–H groups in total. The van der Waals surface area contributed by atoms with Crippen LogP contribution in [0.2, 0.25) is 0 Å². The van der Waals surface area contributed by atoms with E-state index in [0.29, 0.717) is 23.9 Å². The van der Waals surface area contributed by atoms with Crippen LogP contribution in [0.4, 0.5) is 16.4 Å². The summed E-state index contributed by atoms with van der Waals surface area (Å²) in [7, 11) is 0.0144. The number of methoxy groups -OCH3 is 1. The van der Waals surface area contributed by atoms with Gasteiger partial charge in [-0.25, -0.2) is 19.7 Å². The molecule has 2 aromatic rings. The SMILES string of the molecule is COC(=O)NCc1cccc(N2c3nc(S(C)=O)ncc3[C@@]3(C)COC(C)(C)C[C@@H]23)n1. The van der Waals surface area contributed by atoms with Crippen molar-refractivity contribution in [2.45, 2.75) is 56.0 Å². The van der Waals surface area contributed by atoms with E-state index in [1.807, 2.05) is 18.2 Å². The summed E-state index contributed by atoms with van der Waals surface area (Å²) in [4.78, 5) is 27.4. The minimum Gasteiger partial charge on any atom is -0.453 e. The molecule has 1 unspecified atom stereocenters. The van der Waals surface area contributed by atoms with E-state index >= 15 is 0 Å². The molecule has 1 fully saturated rings. The van der Waals surface area contributed by atoms with Gasteiger partial charge >= 0.3 is 6.09 Å². The largest absolute Gasteiger partial charge is 0.453 e. The Morgan fingerprint density at radius 3 is 2.84 bits per heavy atom. The predicted molar refractivity (Wildman–Crippen MR) is 116 cm³/mol. The average molecular weight is 446 g/mol. The third-order valence-corrected chi connectivity index (χ3v) is 6.69. The Morgan fingerprint density at radius 2 is 2.13 bits per heavy atom. The van der Waals surface area contributed by atoms with Crippen LogP contribution in [-0.2, 0) is 32.2 Å². The molecule has 2 aromatic heterocycles. The van der Waals surface area contributed by atoms with Crippen molar-refractivity contribution < 1.29 is 18.5 Å². The maximum absolute atomic E-state index is 12.1. The number of carbonyl (C=O) groups is 1. The Hall–Kier alpha value is -2.59. The summed E-state index contributed by atoms with van der Waals surface area (Å²) in [6.45, 7) is 7.08. The van der Waals surface area contributed by atoms with E-state index in [2.05, 4.69) is 45.7 Å². The van der Waals surface area contributed by atoms with Crippen molar-refractivity contribution in [1.82, 2.24) is 20.3 Å². The van der Waals surface area contributed by atoms with Crippen LogP contribution in [0.1, 0.15) is 38.4 Å². The standard InChI is InChI=1S/C21H27N5O4S/c1-20(2)9-15-21(3,12-30-20)14-11-22-18(31(5)28)25-17(14)26(15)16-8-6-7-13(24-16)10-23-19(27)29-4/h6-8,11,15H,9-10,12H2,1-5H3,(H,23,27)/t15-,21-,31?/m1/s1. The van der Waals surface area contributed by atoms with Gasteiger partial charge in [0.2, 0.25) is 5.16 Å². The number of aromatic nitrogens is 3. The third-order valence-electron chi connectivity index (χ3n) is 5.98. The first kappa shape index (κ1) is 21.6. The Bertz CT molecular complexity index is 1050. The number of hydrogen-bond acceptors (Lipinski definition) is 8. The van der Waals surface area contributed by atoms with Gasteiger partial charge in [0, 0.05) is 23.4 Å². The van der Waals surface area contributed by atoms with Gasteiger partial charge in [-0.05, 0) is 32.4 Å². The number of ether oxygens (including phenoxy) is 2. The van der Waals surface area contributed by atoms with Crippen LogP contribution < -0.4 is 10.2 Å². The van der Waals surface area contributed by atoms with Gasteiger partial charge in [0.15, 0.2) is 0 Å². The van der Waals surface area contributed by atoms with Gasteiger partial charge in [0.05, 0.1) is 48.4 Å². The first-order valence-electron chi connectivity index (χ1n) is 10.1. The van der Waals surface area contributed by atoms with Crippen LogP contribution in [0.3, 0.4) is 0 Å². The zero-order valence-electron chi connectivity index (χ0n) is 18.3. The second kappa shape index (κ2) is 7.83. The number of rotatable bonds is 4. The normalized spacial score (nSPS) is 24.8. The second-order valence-electron chi connectivity index (χ2n) is 8.73. The van der Waals surface area contributed by atoms with Crippen molar-refractivity contribution >= 4 is 28.5 Å².